The third kappa shape index (κ3) is 4.39. The predicted octanol–water partition coefficient (Wildman–Crippen LogP) is 2.02. The van der Waals surface area contributed by atoms with Crippen molar-refractivity contribution in [2.24, 2.45) is 0 Å². The highest BCUT2D eigenvalue weighted by Gasteiger charge is 2.11. The van der Waals surface area contributed by atoms with Gasteiger partial charge < -0.3 is 14.0 Å². The second-order valence-electron chi connectivity index (χ2n) is 6.30. The van der Waals surface area contributed by atoms with E-state index in [1.165, 1.54) is 7.11 Å². The Morgan fingerprint density at radius 1 is 1.12 bits per heavy atom. The number of aromatic nitrogens is 1. The third-order valence-corrected chi connectivity index (χ3v) is 4.61. The number of carbonyl (C=O) groups excluding carboxylic acids is 1. The maximum absolute atomic E-state index is 12.8. The maximum Gasteiger partial charge on any atom is 0.337 e. The molecule has 0 radical (unpaired) electrons. The molecule has 1 aromatic heterocycles. The van der Waals surface area contributed by atoms with Crippen molar-refractivity contribution in [3.8, 4) is 11.1 Å². The molecular formula is C20H24N2O4. The highest BCUT2D eigenvalue weighted by atomic mass is 16.5. The van der Waals surface area contributed by atoms with Crippen LogP contribution in [0.25, 0.3) is 11.1 Å². The first-order chi connectivity index (χ1) is 12.7. The number of morpholine rings is 1. The lowest BCUT2D eigenvalue weighted by molar-refractivity contribution is 0.0369. The molecule has 0 aliphatic carbocycles. The SMILES string of the molecule is COC(=O)c1ccc(-c2cccn(CCCN3CCOCC3)c2=O)cc1. The fourth-order valence-corrected chi connectivity index (χ4v) is 3.13. The maximum atomic E-state index is 12.8. The molecule has 1 aliphatic rings. The molecule has 1 aromatic carbocycles. The van der Waals surface area contributed by atoms with Crippen LogP contribution in [0.15, 0.2) is 47.4 Å². The summed E-state index contributed by atoms with van der Waals surface area (Å²) in [5.74, 6) is -0.384. The lowest BCUT2D eigenvalue weighted by Crippen LogP contribution is -2.37. The summed E-state index contributed by atoms with van der Waals surface area (Å²) >= 11 is 0. The van der Waals surface area contributed by atoms with Gasteiger partial charge in [0.25, 0.3) is 5.56 Å². The highest BCUT2D eigenvalue weighted by molar-refractivity contribution is 5.89. The quantitative estimate of drug-likeness (QED) is 0.741. The zero-order valence-electron chi connectivity index (χ0n) is 15.0. The number of nitrogens with zero attached hydrogens (tertiary/aromatic N) is 2. The van der Waals surface area contributed by atoms with Gasteiger partial charge in [-0.15, -0.1) is 0 Å². The largest absolute Gasteiger partial charge is 0.465 e. The Bertz CT molecular complexity index is 792. The first-order valence-electron chi connectivity index (χ1n) is 8.87. The molecular weight excluding hydrogens is 332 g/mol. The molecule has 1 aliphatic heterocycles. The van der Waals surface area contributed by atoms with Gasteiger partial charge in [0, 0.05) is 37.9 Å². The molecule has 0 unspecified atom stereocenters. The van der Waals surface area contributed by atoms with Crippen molar-refractivity contribution in [1.29, 1.82) is 0 Å². The van der Waals surface area contributed by atoms with Crippen molar-refractivity contribution < 1.29 is 14.3 Å². The normalized spacial score (nSPS) is 15.0. The molecule has 138 valence electrons. The average molecular weight is 356 g/mol. The number of pyridine rings is 1. The molecule has 0 amide bonds. The number of esters is 1. The van der Waals surface area contributed by atoms with Gasteiger partial charge in [-0.2, -0.15) is 0 Å². The van der Waals surface area contributed by atoms with Crippen LogP contribution in [0, 0.1) is 0 Å². The van der Waals surface area contributed by atoms with Crippen LogP contribution in [0.3, 0.4) is 0 Å². The Morgan fingerprint density at radius 2 is 1.85 bits per heavy atom. The van der Waals surface area contributed by atoms with Gasteiger partial charge in [0.1, 0.15) is 0 Å². The summed E-state index contributed by atoms with van der Waals surface area (Å²) < 4.78 is 11.8. The number of hydrogen-bond acceptors (Lipinski definition) is 5. The number of benzene rings is 1. The standard InChI is InChI=1S/C20H24N2O4/c1-25-20(24)17-7-5-16(6-8-17)18-4-2-10-22(19(18)23)11-3-9-21-12-14-26-15-13-21/h2,4-8,10H,3,9,11-15H2,1H3. The van der Waals surface area contributed by atoms with Gasteiger partial charge in [-0.25, -0.2) is 4.79 Å². The Kier molecular flexibility index (Phi) is 6.20. The average Bonchev–Trinajstić information content (AvgIpc) is 2.70. The van der Waals surface area contributed by atoms with Crippen molar-refractivity contribution in [2.45, 2.75) is 13.0 Å². The van der Waals surface area contributed by atoms with Crippen LogP contribution in [0.4, 0.5) is 0 Å². The van der Waals surface area contributed by atoms with Crippen molar-refractivity contribution in [3.05, 3.63) is 58.5 Å². The Labute approximate surface area is 153 Å². The van der Waals surface area contributed by atoms with Gasteiger partial charge in [0.05, 0.1) is 25.9 Å². The lowest BCUT2D eigenvalue weighted by Gasteiger charge is -2.26. The van der Waals surface area contributed by atoms with Crippen LogP contribution in [0.5, 0.6) is 0 Å². The summed E-state index contributed by atoms with van der Waals surface area (Å²) in [6.07, 6.45) is 2.75. The number of hydrogen-bond donors (Lipinski definition) is 0. The van der Waals surface area contributed by atoms with E-state index < -0.39 is 0 Å². The highest BCUT2D eigenvalue weighted by Crippen LogP contribution is 2.16. The minimum atomic E-state index is -0.384. The summed E-state index contributed by atoms with van der Waals surface area (Å²) in [5, 5.41) is 0. The smallest absolute Gasteiger partial charge is 0.337 e. The van der Waals surface area contributed by atoms with Gasteiger partial charge in [-0.1, -0.05) is 12.1 Å². The molecule has 2 heterocycles. The summed E-state index contributed by atoms with van der Waals surface area (Å²) in [7, 11) is 1.35. The summed E-state index contributed by atoms with van der Waals surface area (Å²) in [6, 6.07) is 10.6. The zero-order chi connectivity index (χ0) is 18.4. The van der Waals surface area contributed by atoms with E-state index in [0.717, 1.165) is 44.8 Å². The number of methoxy groups -OCH3 is 1. The van der Waals surface area contributed by atoms with Gasteiger partial charge in [-0.05, 0) is 36.2 Å². The van der Waals surface area contributed by atoms with Crippen LogP contribution in [-0.2, 0) is 16.0 Å². The number of ether oxygens (including phenoxy) is 2. The molecule has 26 heavy (non-hydrogen) atoms. The molecule has 6 heteroatoms. The second-order valence-corrected chi connectivity index (χ2v) is 6.30. The van der Waals surface area contributed by atoms with E-state index >= 15 is 0 Å². The fourth-order valence-electron chi connectivity index (χ4n) is 3.13. The van der Waals surface area contributed by atoms with Crippen LogP contribution < -0.4 is 5.56 Å². The van der Waals surface area contributed by atoms with Crippen LogP contribution in [0.1, 0.15) is 16.8 Å². The van der Waals surface area contributed by atoms with E-state index in [2.05, 4.69) is 4.90 Å². The first-order valence-corrected chi connectivity index (χ1v) is 8.87. The molecule has 0 N–H and O–H groups in total. The summed E-state index contributed by atoms with van der Waals surface area (Å²) in [5.41, 5.74) is 1.89. The van der Waals surface area contributed by atoms with Crippen molar-refractivity contribution in [2.75, 3.05) is 40.0 Å². The van der Waals surface area contributed by atoms with Gasteiger partial charge >= 0.3 is 5.97 Å². The zero-order valence-corrected chi connectivity index (χ0v) is 15.0. The van der Waals surface area contributed by atoms with Crippen LogP contribution >= 0.6 is 0 Å². The molecule has 2 aromatic rings. The van der Waals surface area contributed by atoms with Gasteiger partial charge in [0.2, 0.25) is 0 Å². The van der Waals surface area contributed by atoms with Gasteiger partial charge in [-0.3, -0.25) is 9.69 Å². The minimum absolute atomic E-state index is 0.0136. The lowest BCUT2D eigenvalue weighted by atomic mass is 10.1. The molecule has 1 fully saturated rings. The molecule has 0 saturated carbocycles. The molecule has 0 spiro atoms. The van der Waals surface area contributed by atoms with E-state index in [9.17, 15) is 9.59 Å². The molecule has 3 rings (SSSR count). The Morgan fingerprint density at radius 3 is 2.54 bits per heavy atom. The number of carbonyl (C=O) groups is 1. The topological polar surface area (TPSA) is 60.8 Å². The number of aryl methyl sites for hydroxylation is 1. The minimum Gasteiger partial charge on any atom is -0.465 e. The van der Waals surface area contributed by atoms with E-state index in [4.69, 9.17) is 9.47 Å². The van der Waals surface area contributed by atoms with Gasteiger partial charge in [0.15, 0.2) is 0 Å². The Hall–Kier alpha value is -2.44. The molecule has 0 atom stereocenters. The fraction of sp³-hybridized carbons (Fsp3) is 0.400. The van der Waals surface area contributed by atoms with Crippen molar-refractivity contribution in [3.63, 3.8) is 0 Å². The van der Waals surface area contributed by atoms with E-state index in [-0.39, 0.29) is 11.5 Å². The monoisotopic (exact) mass is 356 g/mol. The van der Waals surface area contributed by atoms with Crippen LogP contribution in [-0.4, -0.2) is 55.4 Å². The third-order valence-electron chi connectivity index (χ3n) is 4.61. The van der Waals surface area contributed by atoms with E-state index in [1.807, 2.05) is 18.3 Å². The Balaban J connectivity index is 1.68. The second kappa shape index (κ2) is 8.78. The number of rotatable bonds is 6. The first kappa shape index (κ1) is 18.4. The predicted molar refractivity (Wildman–Crippen MR) is 99.4 cm³/mol. The summed E-state index contributed by atoms with van der Waals surface area (Å²) in [4.78, 5) is 26.7. The van der Waals surface area contributed by atoms with Crippen LogP contribution in [0.2, 0.25) is 0 Å². The molecule has 6 nitrogen and oxygen atoms in total. The molecule has 0 bridgehead atoms. The van der Waals surface area contributed by atoms with E-state index in [0.29, 0.717) is 17.7 Å². The summed E-state index contributed by atoms with van der Waals surface area (Å²) in [6.45, 7) is 5.15. The van der Waals surface area contributed by atoms with Crippen molar-refractivity contribution >= 4 is 5.97 Å². The van der Waals surface area contributed by atoms with Crippen molar-refractivity contribution in [1.82, 2.24) is 9.47 Å². The van der Waals surface area contributed by atoms with E-state index in [1.54, 1.807) is 28.8 Å². The molecule has 1 saturated heterocycles.